The molecule has 0 aliphatic carbocycles. The molecule has 4 heterocycles. The number of fused-ring (bicyclic) bond motifs is 9. The minimum Gasteiger partial charge on any atom is -0.507 e. The molecule has 0 aromatic heterocycles. The predicted octanol–water partition coefficient (Wildman–Crippen LogP) is 2.48. The number of hydrogen-bond donors (Lipinski definition) is 3. The van der Waals surface area contributed by atoms with Gasteiger partial charge in [0.15, 0.2) is 11.5 Å². The monoisotopic (exact) mass is 689 g/mol. The quantitative estimate of drug-likeness (QED) is 0.419. The summed E-state index contributed by atoms with van der Waals surface area (Å²) in [6.45, 7) is 6.17. The molecule has 35 heavy (non-hydrogen) atoms. The molecule has 4 aliphatic heterocycles. The summed E-state index contributed by atoms with van der Waals surface area (Å²) in [5.41, 5.74) is 12.7. The normalized spacial score (nSPS) is 28.4. The summed E-state index contributed by atoms with van der Waals surface area (Å²) in [6.07, 6.45) is 1.19. The van der Waals surface area contributed by atoms with Gasteiger partial charge in [0.2, 0.25) is 6.79 Å². The number of likely N-dealkylation sites (N-methyl/N-ethyl adjacent to an activating group) is 1. The number of piperazine rings is 1. The van der Waals surface area contributed by atoms with Crippen LogP contribution in [0.15, 0.2) is 6.07 Å². The third-order valence-electron chi connectivity index (χ3n) is 8.68. The molecule has 8 nitrogen and oxygen atoms in total. The van der Waals surface area contributed by atoms with E-state index < -0.39 is 6.04 Å². The molecule has 2 aromatic rings. The van der Waals surface area contributed by atoms with E-state index in [1.54, 1.807) is 0 Å². The number of benzene rings is 2. The van der Waals surface area contributed by atoms with Gasteiger partial charge in [-0.2, -0.15) is 5.26 Å². The molecule has 0 saturated carbocycles. The average molecular weight is 690 g/mol. The SMILES string of the molecule is Cc1cc2c(c(O)c1C)[C@@H]1C3Cc4c(O)c(C)c5c(c4[C@H](CN)N3C(C#N)[C@H](C2)N1C)OCO5.[Ac]. The van der Waals surface area contributed by atoms with E-state index in [0.717, 1.165) is 33.4 Å². The number of nitrogens with two attached hydrogens (primary N) is 1. The van der Waals surface area contributed by atoms with Gasteiger partial charge in [0.25, 0.3) is 0 Å². The van der Waals surface area contributed by atoms with E-state index in [1.807, 2.05) is 27.8 Å². The van der Waals surface area contributed by atoms with Gasteiger partial charge in [-0.15, -0.1) is 0 Å². The van der Waals surface area contributed by atoms with Crippen molar-refractivity contribution in [1.82, 2.24) is 9.80 Å². The first-order valence-corrected chi connectivity index (χ1v) is 11.8. The maximum absolute atomic E-state index is 11.3. The van der Waals surface area contributed by atoms with Gasteiger partial charge in [-0.05, 0) is 57.4 Å². The van der Waals surface area contributed by atoms with Gasteiger partial charge < -0.3 is 25.4 Å². The number of rotatable bonds is 1. The molecule has 9 heteroatoms. The van der Waals surface area contributed by atoms with Crippen molar-refractivity contribution >= 4 is 0 Å². The van der Waals surface area contributed by atoms with Crippen LogP contribution >= 0.6 is 0 Å². The van der Waals surface area contributed by atoms with Crippen molar-refractivity contribution in [2.75, 3.05) is 20.4 Å². The summed E-state index contributed by atoms with van der Waals surface area (Å²) in [7, 11) is 2.05. The van der Waals surface area contributed by atoms with Crippen molar-refractivity contribution in [3.05, 3.63) is 45.0 Å². The molecule has 6 rings (SSSR count). The molecular formula is C26H30AcN4O4. The summed E-state index contributed by atoms with van der Waals surface area (Å²) >= 11 is 0. The molecule has 2 bridgehead atoms. The Balaban J connectivity index is 0.00000253. The summed E-state index contributed by atoms with van der Waals surface area (Å²) in [6, 6.07) is 3.71. The van der Waals surface area contributed by atoms with Crippen LogP contribution in [0.25, 0.3) is 0 Å². The summed E-state index contributed by atoms with van der Waals surface area (Å²) in [5.74, 6) is 1.73. The Hall–Kier alpha value is -1.55. The molecule has 5 atom stereocenters. The zero-order valence-electron chi connectivity index (χ0n) is 20.5. The third kappa shape index (κ3) is 3.23. The van der Waals surface area contributed by atoms with Crippen LogP contribution in [0.2, 0.25) is 0 Å². The summed E-state index contributed by atoms with van der Waals surface area (Å²) < 4.78 is 11.6. The number of phenols is 2. The second kappa shape index (κ2) is 8.78. The topological polar surface area (TPSA) is 115 Å². The number of hydrogen-bond acceptors (Lipinski definition) is 8. The molecule has 0 spiro atoms. The molecular weight excluding hydrogens is 659 g/mol. The first kappa shape index (κ1) is 25.1. The third-order valence-corrected chi connectivity index (χ3v) is 8.68. The van der Waals surface area contributed by atoms with Gasteiger partial charge in [-0.1, -0.05) is 6.07 Å². The van der Waals surface area contributed by atoms with Gasteiger partial charge in [0.05, 0.1) is 18.2 Å². The van der Waals surface area contributed by atoms with Crippen LogP contribution in [-0.4, -0.2) is 58.5 Å². The second-order valence-corrected chi connectivity index (χ2v) is 10.1. The van der Waals surface area contributed by atoms with Crippen LogP contribution in [0.5, 0.6) is 23.0 Å². The first-order chi connectivity index (χ1) is 16.3. The molecule has 181 valence electrons. The maximum atomic E-state index is 11.3. The number of aromatic hydroxyl groups is 2. The van der Waals surface area contributed by atoms with Crippen molar-refractivity contribution in [1.29, 1.82) is 5.26 Å². The van der Waals surface area contributed by atoms with E-state index in [4.69, 9.17) is 15.2 Å². The van der Waals surface area contributed by atoms with Gasteiger partial charge >= 0.3 is 0 Å². The van der Waals surface area contributed by atoms with E-state index in [0.29, 0.717) is 35.7 Å². The summed E-state index contributed by atoms with van der Waals surface area (Å²) in [5, 5.41) is 32.9. The van der Waals surface area contributed by atoms with Crippen molar-refractivity contribution in [3.63, 3.8) is 0 Å². The van der Waals surface area contributed by atoms with Gasteiger partial charge in [0.1, 0.15) is 17.5 Å². The number of nitriles is 1. The van der Waals surface area contributed by atoms with Gasteiger partial charge in [-0.25, -0.2) is 0 Å². The summed E-state index contributed by atoms with van der Waals surface area (Å²) in [4.78, 5) is 4.48. The van der Waals surface area contributed by atoms with E-state index >= 15 is 0 Å². The fourth-order valence-electron chi connectivity index (χ4n) is 6.94. The van der Waals surface area contributed by atoms with Crippen LogP contribution in [0.1, 0.15) is 51.0 Å². The molecule has 1 saturated heterocycles. The van der Waals surface area contributed by atoms with Crippen molar-refractivity contribution in [2.24, 2.45) is 5.73 Å². The Morgan fingerprint density at radius 1 is 1.06 bits per heavy atom. The second-order valence-electron chi connectivity index (χ2n) is 10.1. The Bertz CT molecular complexity index is 1280. The Morgan fingerprint density at radius 3 is 2.46 bits per heavy atom. The van der Waals surface area contributed by atoms with Crippen LogP contribution in [0.3, 0.4) is 0 Å². The standard InChI is InChI=1S/C26H30N4O4.Ac/c1-11-5-14-6-16-18(8-27)30-17(22(29(16)4)20(14)24(32)12(11)2)7-15-21(19(30)9-28)26-25(33-10-34-26)13(3)23(15)31;/h5,16-19,22,31-32H,6-7,9-10,28H2,1-4H3;/t16-,17?,18?,19-,22-;/m0./s1. The van der Waals surface area contributed by atoms with Gasteiger partial charge in [-0.3, -0.25) is 9.80 Å². The Labute approximate surface area is 241 Å². The van der Waals surface area contributed by atoms with E-state index in [9.17, 15) is 15.5 Å². The smallest absolute Gasteiger partial charge is 0.231 e. The number of ether oxygens (including phenoxy) is 2. The molecule has 1 fully saturated rings. The maximum Gasteiger partial charge on any atom is 0.231 e. The molecule has 0 amide bonds. The first-order valence-electron chi connectivity index (χ1n) is 11.8. The molecule has 2 unspecified atom stereocenters. The van der Waals surface area contributed by atoms with Crippen molar-refractivity contribution in [2.45, 2.75) is 63.8 Å². The van der Waals surface area contributed by atoms with Gasteiger partial charge in [0, 0.05) is 84.9 Å². The molecule has 4 aliphatic rings. The fourth-order valence-corrected chi connectivity index (χ4v) is 6.94. The van der Waals surface area contributed by atoms with Crippen LogP contribution < -0.4 is 15.2 Å². The largest absolute Gasteiger partial charge is 0.507 e. The van der Waals surface area contributed by atoms with E-state index in [1.165, 1.54) is 0 Å². The molecule has 2 aromatic carbocycles. The van der Waals surface area contributed by atoms with Crippen molar-refractivity contribution in [3.8, 4) is 29.1 Å². The predicted molar refractivity (Wildman–Crippen MR) is 125 cm³/mol. The number of nitrogens with zero attached hydrogens (tertiary/aromatic N) is 3. The van der Waals surface area contributed by atoms with Crippen LogP contribution in [-0.2, 0) is 12.8 Å². The minimum atomic E-state index is -0.397. The average Bonchev–Trinajstić information content (AvgIpc) is 3.31. The Kier molecular flexibility index (Phi) is 6.30. The minimum absolute atomic E-state index is 0. The molecule has 4 N–H and O–H groups in total. The number of phenolic OH excluding ortho intramolecular Hbond substituents is 2. The fraction of sp³-hybridized carbons (Fsp3) is 0.500. The van der Waals surface area contributed by atoms with E-state index in [-0.39, 0.29) is 87.3 Å². The Morgan fingerprint density at radius 2 is 1.77 bits per heavy atom. The van der Waals surface area contributed by atoms with Crippen LogP contribution in [0.4, 0.5) is 0 Å². The zero-order chi connectivity index (χ0) is 24.0. The molecule has 1 radical (unpaired) electrons. The number of aryl methyl sites for hydroxylation is 1. The van der Waals surface area contributed by atoms with E-state index in [2.05, 4.69) is 21.9 Å². The van der Waals surface area contributed by atoms with Crippen molar-refractivity contribution < 1.29 is 63.7 Å². The zero-order valence-corrected chi connectivity index (χ0v) is 25.2. The van der Waals surface area contributed by atoms with Crippen LogP contribution in [0, 0.1) is 76.2 Å².